The Labute approximate surface area is 145 Å². The van der Waals surface area contributed by atoms with Crippen LogP contribution in [-0.2, 0) is 11.3 Å². The molecule has 0 bridgehead atoms. The minimum Gasteiger partial charge on any atom is -0.340 e. The van der Waals surface area contributed by atoms with Gasteiger partial charge in [-0.05, 0) is 48.7 Å². The van der Waals surface area contributed by atoms with Gasteiger partial charge in [0.1, 0.15) is 0 Å². The topological polar surface area (TPSA) is 23.6 Å². The maximum Gasteiger partial charge on any atom is 0.239 e. The highest BCUT2D eigenvalue weighted by molar-refractivity contribution is 5.87. The summed E-state index contributed by atoms with van der Waals surface area (Å²) >= 11 is 0. The van der Waals surface area contributed by atoms with Gasteiger partial charge in [-0.2, -0.15) is 0 Å². The van der Waals surface area contributed by atoms with Crippen molar-refractivity contribution in [2.24, 2.45) is 0 Å². The van der Waals surface area contributed by atoms with Crippen LogP contribution in [0.15, 0.2) is 42.5 Å². The number of likely N-dealkylation sites (tertiary alicyclic amines) is 1. The zero-order chi connectivity index (χ0) is 16.9. The van der Waals surface area contributed by atoms with Crippen LogP contribution in [0.25, 0.3) is 10.8 Å². The molecule has 1 saturated heterocycles. The number of likely N-dealkylation sites (N-methyl/N-ethyl adjacent to an activating group) is 1. The lowest BCUT2D eigenvalue weighted by molar-refractivity contribution is -0.137. The van der Waals surface area contributed by atoms with Gasteiger partial charge in [-0.3, -0.25) is 9.69 Å². The lowest BCUT2D eigenvalue weighted by Gasteiger charge is -2.36. The molecular weight excluding hydrogens is 296 g/mol. The molecule has 3 rings (SSSR count). The number of carbonyl (C=O) groups excluding carboxylic acids is 1. The van der Waals surface area contributed by atoms with E-state index in [0.29, 0.717) is 6.54 Å². The third-order valence-corrected chi connectivity index (χ3v) is 5.07. The predicted molar refractivity (Wildman–Crippen MR) is 99.9 cm³/mol. The molecular formula is C21H28N2O. The molecule has 24 heavy (non-hydrogen) atoms. The third-order valence-electron chi connectivity index (χ3n) is 5.07. The average Bonchev–Trinajstić information content (AvgIpc) is 2.62. The first-order valence-corrected chi connectivity index (χ1v) is 9.16. The van der Waals surface area contributed by atoms with Crippen LogP contribution < -0.4 is 0 Å². The van der Waals surface area contributed by atoms with Crippen molar-refractivity contribution in [2.75, 3.05) is 20.1 Å². The van der Waals surface area contributed by atoms with Crippen molar-refractivity contribution in [3.05, 3.63) is 48.0 Å². The number of fused-ring (bicyclic) bond motifs is 1. The first kappa shape index (κ1) is 17.0. The van der Waals surface area contributed by atoms with E-state index in [4.69, 9.17) is 0 Å². The molecule has 0 aromatic heterocycles. The summed E-state index contributed by atoms with van der Waals surface area (Å²) in [6, 6.07) is 14.8. The SMILES string of the molecule is CCCN1CCCCC1C(=O)N(C)Cc1cccc2ccccc12. The maximum atomic E-state index is 13.0. The Kier molecular flexibility index (Phi) is 5.52. The fourth-order valence-electron chi connectivity index (χ4n) is 3.84. The molecule has 3 nitrogen and oxygen atoms in total. The Bertz CT molecular complexity index is 690. The van der Waals surface area contributed by atoms with Gasteiger partial charge in [-0.15, -0.1) is 0 Å². The second kappa shape index (κ2) is 7.80. The molecule has 0 aliphatic carbocycles. The number of nitrogens with zero attached hydrogens (tertiary/aromatic N) is 2. The second-order valence-corrected chi connectivity index (χ2v) is 6.88. The molecule has 1 heterocycles. The Hall–Kier alpha value is -1.87. The Morgan fingerprint density at radius 3 is 2.79 bits per heavy atom. The average molecular weight is 324 g/mol. The zero-order valence-corrected chi connectivity index (χ0v) is 14.9. The first-order valence-electron chi connectivity index (χ1n) is 9.16. The zero-order valence-electron chi connectivity index (χ0n) is 14.9. The molecule has 0 N–H and O–H groups in total. The van der Waals surface area contributed by atoms with Gasteiger partial charge in [-0.1, -0.05) is 55.8 Å². The number of benzene rings is 2. The standard InChI is InChI=1S/C21H28N2O/c1-3-14-23-15-7-6-13-20(23)21(24)22(2)16-18-11-8-10-17-9-4-5-12-19(17)18/h4-5,8-12,20H,3,6-7,13-16H2,1-2H3. The van der Waals surface area contributed by atoms with Crippen molar-refractivity contribution in [3.63, 3.8) is 0 Å². The second-order valence-electron chi connectivity index (χ2n) is 6.88. The van der Waals surface area contributed by atoms with Crippen molar-refractivity contribution in [1.29, 1.82) is 0 Å². The monoisotopic (exact) mass is 324 g/mol. The van der Waals surface area contributed by atoms with E-state index in [2.05, 4.69) is 54.3 Å². The number of rotatable bonds is 5. The van der Waals surface area contributed by atoms with Gasteiger partial charge in [0.2, 0.25) is 5.91 Å². The van der Waals surface area contributed by atoms with Gasteiger partial charge in [0.15, 0.2) is 0 Å². The van der Waals surface area contributed by atoms with Gasteiger partial charge in [-0.25, -0.2) is 0 Å². The van der Waals surface area contributed by atoms with Crippen LogP contribution in [0, 0.1) is 0 Å². The lowest BCUT2D eigenvalue weighted by Crippen LogP contribution is -2.49. The van der Waals surface area contributed by atoms with Gasteiger partial charge >= 0.3 is 0 Å². The van der Waals surface area contributed by atoms with Gasteiger partial charge in [0, 0.05) is 13.6 Å². The molecule has 2 aromatic carbocycles. The highest BCUT2D eigenvalue weighted by Gasteiger charge is 2.30. The fourth-order valence-corrected chi connectivity index (χ4v) is 3.84. The summed E-state index contributed by atoms with van der Waals surface area (Å²) in [6.45, 7) is 4.96. The van der Waals surface area contributed by atoms with Crippen molar-refractivity contribution in [1.82, 2.24) is 9.80 Å². The van der Waals surface area contributed by atoms with Crippen LogP contribution in [0.1, 0.15) is 38.2 Å². The third kappa shape index (κ3) is 3.62. The van der Waals surface area contributed by atoms with E-state index in [9.17, 15) is 4.79 Å². The fraction of sp³-hybridized carbons (Fsp3) is 0.476. The summed E-state index contributed by atoms with van der Waals surface area (Å²) in [4.78, 5) is 17.3. The number of hydrogen-bond acceptors (Lipinski definition) is 2. The normalized spacial score (nSPS) is 18.7. The maximum absolute atomic E-state index is 13.0. The molecule has 128 valence electrons. The van der Waals surface area contributed by atoms with Crippen molar-refractivity contribution in [2.45, 2.75) is 45.2 Å². The highest BCUT2D eigenvalue weighted by Crippen LogP contribution is 2.22. The van der Waals surface area contributed by atoms with Crippen LogP contribution in [-0.4, -0.2) is 41.9 Å². The Morgan fingerprint density at radius 2 is 1.96 bits per heavy atom. The predicted octanol–water partition coefficient (Wildman–Crippen LogP) is 4.06. The summed E-state index contributed by atoms with van der Waals surface area (Å²) in [6.07, 6.45) is 4.49. The van der Waals surface area contributed by atoms with E-state index < -0.39 is 0 Å². The molecule has 1 fully saturated rings. The lowest BCUT2D eigenvalue weighted by atomic mass is 10.00. The summed E-state index contributed by atoms with van der Waals surface area (Å²) in [5.74, 6) is 0.274. The summed E-state index contributed by atoms with van der Waals surface area (Å²) in [5, 5.41) is 2.48. The van der Waals surface area contributed by atoms with E-state index in [0.717, 1.165) is 25.9 Å². The van der Waals surface area contributed by atoms with Crippen LogP contribution in [0.3, 0.4) is 0 Å². The van der Waals surface area contributed by atoms with Gasteiger partial charge in [0.05, 0.1) is 6.04 Å². The van der Waals surface area contributed by atoms with Gasteiger partial charge in [0.25, 0.3) is 0 Å². The summed E-state index contributed by atoms with van der Waals surface area (Å²) in [7, 11) is 1.95. The first-order chi connectivity index (χ1) is 11.7. The van der Waals surface area contributed by atoms with Crippen molar-refractivity contribution >= 4 is 16.7 Å². The van der Waals surface area contributed by atoms with Gasteiger partial charge < -0.3 is 4.90 Å². The van der Waals surface area contributed by atoms with E-state index >= 15 is 0 Å². The summed E-state index contributed by atoms with van der Waals surface area (Å²) in [5.41, 5.74) is 1.22. The number of piperidine rings is 1. The highest BCUT2D eigenvalue weighted by atomic mass is 16.2. The summed E-state index contributed by atoms with van der Waals surface area (Å²) < 4.78 is 0. The van der Waals surface area contributed by atoms with Crippen molar-refractivity contribution < 1.29 is 4.79 Å². The Morgan fingerprint density at radius 1 is 1.17 bits per heavy atom. The molecule has 1 amide bonds. The molecule has 0 radical (unpaired) electrons. The molecule has 1 aliphatic rings. The number of hydrogen-bond donors (Lipinski definition) is 0. The largest absolute Gasteiger partial charge is 0.340 e. The molecule has 0 spiro atoms. The molecule has 3 heteroatoms. The van der Waals surface area contributed by atoms with E-state index in [1.165, 1.54) is 29.2 Å². The van der Waals surface area contributed by atoms with Crippen LogP contribution in [0.4, 0.5) is 0 Å². The number of carbonyl (C=O) groups is 1. The molecule has 1 unspecified atom stereocenters. The minimum absolute atomic E-state index is 0.0682. The minimum atomic E-state index is 0.0682. The van der Waals surface area contributed by atoms with Crippen molar-refractivity contribution in [3.8, 4) is 0 Å². The molecule has 1 atom stereocenters. The Balaban J connectivity index is 1.75. The number of amides is 1. The molecule has 0 saturated carbocycles. The molecule has 2 aromatic rings. The van der Waals surface area contributed by atoms with E-state index in [-0.39, 0.29) is 11.9 Å². The molecule has 1 aliphatic heterocycles. The quantitative estimate of drug-likeness (QED) is 0.828. The van der Waals surface area contributed by atoms with E-state index in [1.807, 2.05) is 11.9 Å². The van der Waals surface area contributed by atoms with E-state index in [1.54, 1.807) is 0 Å². The van der Waals surface area contributed by atoms with Crippen LogP contribution in [0.2, 0.25) is 0 Å². The smallest absolute Gasteiger partial charge is 0.239 e. The van der Waals surface area contributed by atoms with Crippen LogP contribution >= 0.6 is 0 Å². The van der Waals surface area contributed by atoms with Crippen LogP contribution in [0.5, 0.6) is 0 Å².